The number of nitrogens with zero attached hydrogens (tertiary/aromatic N) is 2. The van der Waals surface area contributed by atoms with Crippen LogP contribution in [0.25, 0.3) is 10.9 Å². The van der Waals surface area contributed by atoms with E-state index in [1.54, 1.807) is 11.3 Å². The van der Waals surface area contributed by atoms with Gasteiger partial charge in [0, 0.05) is 10.9 Å². The second-order valence-electron chi connectivity index (χ2n) is 4.76. The van der Waals surface area contributed by atoms with Crippen molar-refractivity contribution in [2.24, 2.45) is 0 Å². The van der Waals surface area contributed by atoms with Gasteiger partial charge in [-0.05, 0) is 24.4 Å². The number of H-pyrrole nitrogens is 1. The molecule has 1 atom stereocenters. The monoisotopic (exact) mass is 316 g/mol. The molecule has 7 nitrogen and oxygen atoms in total. The quantitative estimate of drug-likeness (QED) is 0.569. The maximum Gasteiger partial charge on any atom is 0.293 e. The molecule has 3 rings (SSSR count). The van der Waals surface area contributed by atoms with E-state index in [0.29, 0.717) is 11.2 Å². The minimum atomic E-state index is -0.505. The Labute approximate surface area is 128 Å². The van der Waals surface area contributed by atoms with Crippen molar-refractivity contribution in [1.82, 2.24) is 9.97 Å². The number of aromatic nitrogens is 2. The number of aromatic amines is 1. The predicted molar refractivity (Wildman–Crippen MR) is 85.4 cm³/mol. The number of rotatable bonds is 4. The van der Waals surface area contributed by atoms with Crippen molar-refractivity contribution in [3.05, 3.63) is 61.3 Å². The van der Waals surface area contributed by atoms with E-state index in [-0.39, 0.29) is 17.1 Å². The molecule has 3 aromatic rings. The molecule has 0 unspecified atom stereocenters. The van der Waals surface area contributed by atoms with E-state index in [2.05, 4.69) is 15.3 Å². The molecule has 1 aromatic carbocycles. The molecule has 0 aliphatic rings. The van der Waals surface area contributed by atoms with E-state index < -0.39 is 10.5 Å². The Hall–Kier alpha value is -2.74. The summed E-state index contributed by atoms with van der Waals surface area (Å²) in [7, 11) is 0. The number of hydrogen-bond donors (Lipinski definition) is 2. The first-order valence-electron chi connectivity index (χ1n) is 6.52. The first-order chi connectivity index (χ1) is 10.6. The summed E-state index contributed by atoms with van der Waals surface area (Å²) < 4.78 is 0. The highest BCUT2D eigenvalue weighted by Gasteiger charge is 2.19. The molecule has 2 N–H and O–H groups in total. The zero-order valence-electron chi connectivity index (χ0n) is 11.6. The minimum Gasteiger partial charge on any atom is -0.372 e. The molecule has 0 aliphatic heterocycles. The second kappa shape index (κ2) is 5.57. The molecule has 0 spiro atoms. The molecule has 0 radical (unpaired) electrons. The molecule has 0 aliphatic carbocycles. The fourth-order valence-corrected chi connectivity index (χ4v) is 2.95. The fraction of sp³-hybridized carbons (Fsp3) is 0.143. The standard InChI is InChI=1S/C14H12N4O3S/c1-8(13-3-2-4-22-13)17-11-6-10-9(5-12(11)18(20)21)14(19)16-7-15-10/h2-8,17H,1H3,(H,15,16,19)/t8-/m1/s1. The van der Waals surface area contributed by atoms with E-state index in [0.717, 1.165) is 4.88 Å². The smallest absolute Gasteiger partial charge is 0.293 e. The van der Waals surface area contributed by atoms with Crippen molar-refractivity contribution in [3.63, 3.8) is 0 Å². The highest BCUT2D eigenvalue weighted by molar-refractivity contribution is 7.10. The van der Waals surface area contributed by atoms with Crippen LogP contribution in [0.15, 0.2) is 40.8 Å². The SMILES string of the molecule is C[C@@H](Nc1cc2nc[nH]c(=O)c2cc1[N+](=O)[O-])c1cccs1. The Morgan fingerprint density at radius 1 is 1.45 bits per heavy atom. The molecule has 0 fully saturated rings. The summed E-state index contributed by atoms with van der Waals surface area (Å²) in [4.78, 5) is 30.0. The first-order valence-corrected chi connectivity index (χ1v) is 7.40. The topological polar surface area (TPSA) is 101 Å². The van der Waals surface area contributed by atoms with Crippen LogP contribution in [0, 0.1) is 10.1 Å². The van der Waals surface area contributed by atoms with Gasteiger partial charge < -0.3 is 10.3 Å². The van der Waals surface area contributed by atoms with Crippen LogP contribution >= 0.6 is 11.3 Å². The van der Waals surface area contributed by atoms with E-state index in [4.69, 9.17) is 0 Å². The Balaban J connectivity index is 2.09. The molecule has 0 saturated carbocycles. The van der Waals surface area contributed by atoms with Gasteiger partial charge in [0.15, 0.2) is 0 Å². The fourth-order valence-electron chi connectivity index (χ4n) is 2.21. The molecule has 112 valence electrons. The van der Waals surface area contributed by atoms with Crippen LogP contribution in [0.1, 0.15) is 17.8 Å². The van der Waals surface area contributed by atoms with Crippen molar-refractivity contribution < 1.29 is 4.92 Å². The number of hydrogen-bond acceptors (Lipinski definition) is 6. The summed E-state index contributed by atoms with van der Waals surface area (Å²) in [5.41, 5.74) is 0.215. The van der Waals surface area contributed by atoms with Crippen molar-refractivity contribution in [3.8, 4) is 0 Å². The third-order valence-electron chi connectivity index (χ3n) is 3.30. The summed E-state index contributed by atoms with van der Waals surface area (Å²) in [6.07, 6.45) is 1.28. The number of nitro benzene ring substituents is 1. The predicted octanol–water partition coefficient (Wildman–Crippen LogP) is 3.07. The number of fused-ring (bicyclic) bond motifs is 1. The highest BCUT2D eigenvalue weighted by atomic mass is 32.1. The number of nitro groups is 1. The van der Waals surface area contributed by atoms with Gasteiger partial charge in [0.05, 0.1) is 28.2 Å². The normalized spacial score (nSPS) is 12.2. The zero-order chi connectivity index (χ0) is 15.7. The number of thiophene rings is 1. The lowest BCUT2D eigenvalue weighted by Crippen LogP contribution is -2.10. The third kappa shape index (κ3) is 2.56. The average molecular weight is 316 g/mol. The molecule has 0 bridgehead atoms. The van der Waals surface area contributed by atoms with Gasteiger partial charge in [0.25, 0.3) is 11.2 Å². The lowest BCUT2D eigenvalue weighted by atomic mass is 10.1. The zero-order valence-corrected chi connectivity index (χ0v) is 12.4. The summed E-state index contributed by atoms with van der Waals surface area (Å²) >= 11 is 1.57. The van der Waals surface area contributed by atoms with Crippen LogP contribution in [-0.4, -0.2) is 14.9 Å². The van der Waals surface area contributed by atoms with E-state index in [1.165, 1.54) is 18.5 Å². The van der Waals surface area contributed by atoms with Gasteiger partial charge >= 0.3 is 0 Å². The summed E-state index contributed by atoms with van der Waals surface area (Å²) in [5, 5.41) is 16.5. The molecular formula is C14H12N4O3S. The number of anilines is 1. The highest BCUT2D eigenvalue weighted by Crippen LogP contribution is 2.31. The molecule has 8 heteroatoms. The molecule has 22 heavy (non-hydrogen) atoms. The lowest BCUT2D eigenvalue weighted by molar-refractivity contribution is -0.383. The second-order valence-corrected chi connectivity index (χ2v) is 5.74. The largest absolute Gasteiger partial charge is 0.372 e. The molecule has 2 aromatic heterocycles. The molecule has 0 amide bonds. The molecule has 0 saturated heterocycles. The van der Waals surface area contributed by atoms with Crippen molar-refractivity contribution in [2.45, 2.75) is 13.0 Å². The summed E-state index contributed by atoms with van der Waals surface area (Å²) in [6, 6.07) is 6.59. The Morgan fingerprint density at radius 2 is 2.27 bits per heavy atom. The summed E-state index contributed by atoms with van der Waals surface area (Å²) in [6.45, 7) is 1.92. The van der Waals surface area contributed by atoms with Crippen LogP contribution in [-0.2, 0) is 0 Å². The van der Waals surface area contributed by atoms with Crippen LogP contribution in [0.5, 0.6) is 0 Å². The van der Waals surface area contributed by atoms with Gasteiger partial charge in [0.2, 0.25) is 0 Å². The number of nitrogens with one attached hydrogen (secondary N) is 2. The maximum absolute atomic E-state index is 11.7. The van der Waals surface area contributed by atoms with Crippen LogP contribution < -0.4 is 10.9 Å². The Kier molecular flexibility index (Phi) is 3.60. The van der Waals surface area contributed by atoms with Gasteiger partial charge in [-0.15, -0.1) is 11.3 Å². The van der Waals surface area contributed by atoms with Crippen molar-refractivity contribution in [2.75, 3.05) is 5.32 Å². The lowest BCUT2D eigenvalue weighted by Gasteiger charge is -2.14. The van der Waals surface area contributed by atoms with E-state index >= 15 is 0 Å². The van der Waals surface area contributed by atoms with Crippen LogP contribution in [0.2, 0.25) is 0 Å². The Bertz CT molecular complexity index is 889. The van der Waals surface area contributed by atoms with Crippen LogP contribution in [0.4, 0.5) is 11.4 Å². The number of benzene rings is 1. The maximum atomic E-state index is 11.7. The Morgan fingerprint density at radius 3 is 2.95 bits per heavy atom. The van der Waals surface area contributed by atoms with Crippen molar-refractivity contribution >= 4 is 33.6 Å². The van der Waals surface area contributed by atoms with Gasteiger partial charge in [-0.25, -0.2) is 4.98 Å². The van der Waals surface area contributed by atoms with Gasteiger partial charge in [0.1, 0.15) is 5.69 Å². The van der Waals surface area contributed by atoms with Crippen LogP contribution in [0.3, 0.4) is 0 Å². The van der Waals surface area contributed by atoms with E-state index in [1.807, 2.05) is 24.4 Å². The first kappa shape index (κ1) is 14.2. The minimum absolute atomic E-state index is 0.0850. The third-order valence-corrected chi connectivity index (χ3v) is 4.35. The molecule has 2 heterocycles. The average Bonchev–Trinajstić information content (AvgIpc) is 3.01. The summed E-state index contributed by atoms with van der Waals surface area (Å²) in [5.74, 6) is 0. The van der Waals surface area contributed by atoms with Crippen molar-refractivity contribution in [1.29, 1.82) is 0 Å². The van der Waals surface area contributed by atoms with Gasteiger partial charge in [-0.3, -0.25) is 14.9 Å². The molecular weight excluding hydrogens is 304 g/mol. The van der Waals surface area contributed by atoms with Gasteiger partial charge in [-0.2, -0.15) is 0 Å². The van der Waals surface area contributed by atoms with Gasteiger partial charge in [-0.1, -0.05) is 6.07 Å². The van der Waals surface area contributed by atoms with E-state index in [9.17, 15) is 14.9 Å².